The maximum atomic E-state index is 3.69. The third-order valence-electron chi connectivity index (χ3n) is 3.26. The Morgan fingerprint density at radius 1 is 1.20 bits per heavy atom. The van der Waals surface area contributed by atoms with E-state index in [1.165, 1.54) is 32.1 Å². The van der Waals surface area contributed by atoms with E-state index in [4.69, 9.17) is 0 Å². The van der Waals surface area contributed by atoms with E-state index < -0.39 is 0 Å². The molecular weight excluding hydrogens is 122 g/mol. The monoisotopic (exact) mass is 139 g/mol. The molecule has 0 spiro atoms. The van der Waals surface area contributed by atoms with Gasteiger partial charge in [0.05, 0.1) is 0 Å². The molecule has 2 aliphatic rings. The fourth-order valence-corrected chi connectivity index (χ4v) is 2.55. The topological polar surface area (TPSA) is 12.0 Å². The first-order valence-corrected chi connectivity index (χ1v) is 4.66. The molecule has 2 bridgehead atoms. The minimum absolute atomic E-state index is 0.892. The molecule has 2 heterocycles. The summed E-state index contributed by atoms with van der Waals surface area (Å²) in [6.07, 6.45) is 7.20. The van der Waals surface area contributed by atoms with Crippen LogP contribution in [-0.2, 0) is 0 Å². The van der Waals surface area contributed by atoms with Crippen molar-refractivity contribution in [3.63, 3.8) is 0 Å². The summed E-state index contributed by atoms with van der Waals surface area (Å²) in [7, 11) is 0. The third kappa shape index (κ3) is 0.968. The summed E-state index contributed by atoms with van der Waals surface area (Å²) in [6, 6.07) is 1.79. The Hall–Kier alpha value is -0.0400. The molecule has 0 amide bonds. The Kier molecular flexibility index (Phi) is 1.69. The van der Waals surface area contributed by atoms with E-state index >= 15 is 0 Å². The minimum Gasteiger partial charge on any atom is -0.311 e. The molecular formula is C9H17N. The molecule has 58 valence electrons. The van der Waals surface area contributed by atoms with Crippen LogP contribution in [0.25, 0.3) is 0 Å². The summed E-state index contributed by atoms with van der Waals surface area (Å²) in [5.74, 6) is 0.999. The number of nitrogens with one attached hydrogen (secondary N) is 1. The quantitative estimate of drug-likeness (QED) is 0.585. The summed E-state index contributed by atoms with van der Waals surface area (Å²) in [5, 5.41) is 3.69. The summed E-state index contributed by atoms with van der Waals surface area (Å²) in [4.78, 5) is 0. The number of fused-ring (bicyclic) bond motifs is 2. The summed E-state index contributed by atoms with van der Waals surface area (Å²) >= 11 is 0. The van der Waals surface area contributed by atoms with Crippen molar-refractivity contribution >= 4 is 0 Å². The van der Waals surface area contributed by atoms with Crippen molar-refractivity contribution in [1.82, 2.24) is 5.32 Å². The Morgan fingerprint density at radius 2 is 2.00 bits per heavy atom. The van der Waals surface area contributed by atoms with Crippen LogP contribution in [0.1, 0.15) is 39.0 Å². The van der Waals surface area contributed by atoms with E-state index in [-0.39, 0.29) is 0 Å². The van der Waals surface area contributed by atoms with Crippen molar-refractivity contribution in [1.29, 1.82) is 0 Å². The van der Waals surface area contributed by atoms with Crippen LogP contribution in [-0.4, -0.2) is 12.1 Å². The summed E-state index contributed by atoms with van der Waals surface area (Å²) in [6.45, 7) is 2.32. The van der Waals surface area contributed by atoms with Crippen molar-refractivity contribution in [2.75, 3.05) is 0 Å². The minimum atomic E-state index is 0.892. The zero-order valence-electron chi connectivity index (χ0n) is 6.77. The molecule has 0 aromatic rings. The molecule has 0 aliphatic carbocycles. The molecule has 2 saturated heterocycles. The molecule has 2 rings (SSSR count). The van der Waals surface area contributed by atoms with Crippen LogP contribution in [0, 0.1) is 5.92 Å². The fraction of sp³-hybridized carbons (Fsp3) is 1.00. The number of rotatable bonds is 1. The van der Waals surface area contributed by atoms with Gasteiger partial charge < -0.3 is 5.32 Å². The molecule has 0 radical (unpaired) electrons. The molecule has 10 heavy (non-hydrogen) atoms. The second-order valence-corrected chi connectivity index (χ2v) is 3.79. The van der Waals surface area contributed by atoms with E-state index in [9.17, 15) is 0 Å². The van der Waals surface area contributed by atoms with Gasteiger partial charge in [0.2, 0.25) is 0 Å². The van der Waals surface area contributed by atoms with E-state index in [1.807, 2.05) is 0 Å². The van der Waals surface area contributed by atoms with Crippen molar-refractivity contribution in [3.05, 3.63) is 0 Å². The Bertz CT molecular complexity index is 122. The van der Waals surface area contributed by atoms with Gasteiger partial charge in [-0.25, -0.2) is 0 Å². The standard InChI is InChI=1S/C9H17N/c1-2-7-3-4-8-5-6-9(7)10-8/h7-10H,2-6H2,1H3/t7-,8+,9+/m0/s1. The van der Waals surface area contributed by atoms with Crippen LogP contribution < -0.4 is 5.32 Å². The largest absolute Gasteiger partial charge is 0.311 e. The van der Waals surface area contributed by atoms with Crippen LogP contribution in [0.5, 0.6) is 0 Å². The lowest BCUT2D eigenvalue weighted by Gasteiger charge is -2.29. The highest BCUT2D eigenvalue weighted by Crippen LogP contribution is 2.32. The fourth-order valence-electron chi connectivity index (χ4n) is 2.55. The molecule has 1 heteroatoms. The van der Waals surface area contributed by atoms with E-state index in [0.29, 0.717) is 0 Å². The van der Waals surface area contributed by atoms with Crippen LogP contribution in [0.15, 0.2) is 0 Å². The Labute approximate surface area is 63.2 Å². The summed E-state index contributed by atoms with van der Waals surface area (Å²) < 4.78 is 0. The molecule has 0 aromatic heterocycles. The predicted molar refractivity (Wildman–Crippen MR) is 43.0 cm³/mol. The van der Waals surface area contributed by atoms with Gasteiger partial charge in [0, 0.05) is 12.1 Å². The van der Waals surface area contributed by atoms with Gasteiger partial charge in [0.15, 0.2) is 0 Å². The second kappa shape index (κ2) is 2.54. The zero-order chi connectivity index (χ0) is 6.97. The lowest BCUT2D eigenvalue weighted by atomic mass is 9.90. The number of hydrogen-bond donors (Lipinski definition) is 1. The zero-order valence-corrected chi connectivity index (χ0v) is 6.77. The molecule has 1 nitrogen and oxygen atoms in total. The van der Waals surface area contributed by atoms with E-state index in [0.717, 1.165) is 18.0 Å². The van der Waals surface area contributed by atoms with E-state index in [1.54, 1.807) is 0 Å². The van der Waals surface area contributed by atoms with Crippen LogP contribution in [0.3, 0.4) is 0 Å². The Balaban J connectivity index is 2.00. The van der Waals surface area contributed by atoms with Gasteiger partial charge in [-0.05, 0) is 31.6 Å². The second-order valence-electron chi connectivity index (χ2n) is 3.79. The third-order valence-corrected chi connectivity index (χ3v) is 3.26. The van der Waals surface area contributed by atoms with Crippen molar-refractivity contribution in [3.8, 4) is 0 Å². The van der Waals surface area contributed by atoms with Crippen LogP contribution in [0.2, 0.25) is 0 Å². The van der Waals surface area contributed by atoms with Crippen molar-refractivity contribution < 1.29 is 0 Å². The first kappa shape index (κ1) is 6.66. The molecule has 0 aromatic carbocycles. The van der Waals surface area contributed by atoms with Gasteiger partial charge in [0.25, 0.3) is 0 Å². The molecule has 3 atom stereocenters. The molecule has 2 fully saturated rings. The average Bonchev–Trinajstić information content (AvgIpc) is 2.34. The number of hydrogen-bond acceptors (Lipinski definition) is 1. The Morgan fingerprint density at radius 3 is 2.80 bits per heavy atom. The number of piperidine rings is 1. The first-order valence-electron chi connectivity index (χ1n) is 4.66. The van der Waals surface area contributed by atoms with Gasteiger partial charge in [0.1, 0.15) is 0 Å². The normalized spacial score (nSPS) is 45.9. The van der Waals surface area contributed by atoms with Gasteiger partial charge in [-0.15, -0.1) is 0 Å². The van der Waals surface area contributed by atoms with Gasteiger partial charge in [-0.2, -0.15) is 0 Å². The lowest BCUT2D eigenvalue weighted by Crippen LogP contribution is -2.39. The lowest BCUT2D eigenvalue weighted by molar-refractivity contribution is 0.283. The van der Waals surface area contributed by atoms with Crippen molar-refractivity contribution in [2.24, 2.45) is 5.92 Å². The SMILES string of the molecule is CC[C@H]1CC[C@@H]2CC[C@H]1N2. The van der Waals surface area contributed by atoms with E-state index in [2.05, 4.69) is 12.2 Å². The van der Waals surface area contributed by atoms with Gasteiger partial charge in [-0.1, -0.05) is 13.3 Å². The molecule has 0 saturated carbocycles. The van der Waals surface area contributed by atoms with Gasteiger partial charge >= 0.3 is 0 Å². The molecule has 0 unspecified atom stereocenters. The average molecular weight is 139 g/mol. The molecule has 1 N–H and O–H groups in total. The highest BCUT2D eigenvalue weighted by molar-refractivity contribution is 4.92. The van der Waals surface area contributed by atoms with Gasteiger partial charge in [-0.3, -0.25) is 0 Å². The predicted octanol–water partition coefficient (Wildman–Crippen LogP) is 1.93. The molecule has 2 aliphatic heterocycles. The first-order chi connectivity index (χ1) is 4.90. The van der Waals surface area contributed by atoms with Crippen LogP contribution >= 0.6 is 0 Å². The highest BCUT2D eigenvalue weighted by Gasteiger charge is 2.33. The van der Waals surface area contributed by atoms with Crippen molar-refractivity contribution in [2.45, 2.75) is 51.1 Å². The smallest absolute Gasteiger partial charge is 0.00984 e. The maximum Gasteiger partial charge on any atom is 0.00984 e. The van der Waals surface area contributed by atoms with Crippen LogP contribution in [0.4, 0.5) is 0 Å². The maximum absolute atomic E-state index is 3.69. The highest BCUT2D eigenvalue weighted by atomic mass is 15.0. The summed E-state index contributed by atoms with van der Waals surface area (Å²) in [5.41, 5.74) is 0.